The number of carbonyl (C=O) groups excluding carboxylic acids is 1. The van der Waals surface area contributed by atoms with Crippen LogP contribution in [0.4, 0.5) is 5.69 Å². The second-order valence-corrected chi connectivity index (χ2v) is 6.03. The molecule has 0 spiro atoms. The number of anilines is 1. The molecule has 0 bridgehead atoms. The van der Waals surface area contributed by atoms with Gasteiger partial charge in [-0.1, -0.05) is 0 Å². The Labute approximate surface area is 149 Å². The van der Waals surface area contributed by atoms with Gasteiger partial charge >= 0.3 is 0 Å². The average molecular weight is 355 g/mol. The number of nitrogens with one attached hydrogen (secondary N) is 1. The highest BCUT2D eigenvalue weighted by atomic mass is 32.1. The third-order valence-corrected chi connectivity index (χ3v) is 4.43. The molecule has 3 rings (SSSR count). The van der Waals surface area contributed by atoms with Crippen LogP contribution in [0.25, 0.3) is 10.6 Å². The van der Waals surface area contributed by atoms with Crippen LogP contribution in [0.5, 0.6) is 11.5 Å². The van der Waals surface area contributed by atoms with Gasteiger partial charge in [0.25, 0.3) is 0 Å². The minimum absolute atomic E-state index is 0.115. The fraction of sp³-hybridized carbons (Fsp3) is 0.167. The number of hydrogen-bond acceptors (Lipinski definition) is 6. The van der Waals surface area contributed by atoms with E-state index >= 15 is 0 Å². The SMILES string of the molecule is COc1ccc(-c2nc(CC(=O)Nc3ccncc3)cs2)cc1OC. The molecule has 0 atom stereocenters. The van der Waals surface area contributed by atoms with Crippen molar-refractivity contribution in [1.29, 1.82) is 0 Å². The summed E-state index contributed by atoms with van der Waals surface area (Å²) < 4.78 is 10.6. The standard InChI is InChI=1S/C18H17N3O3S/c1-23-15-4-3-12(9-16(15)24-2)18-21-14(11-25-18)10-17(22)20-13-5-7-19-8-6-13/h3-9,11H,10H2,1-2H3,(H,19,20,22). The van der Waals surface area contributed by atoms with Gasteiger partial charge < -0.3 is 14.8 Å². The molecule has 7 heteroatoms. The maximum atomic E-state index is 12.1. The van der Waals surface area contributed by atoms with Crippen LogP contribution in [0.15, 0.2) is 48.1 Å². The minimum atomic E-state index is -0.115. The molecule has 128 valence electrons. The van der Waals surface area contributed by atoms with E-state index in [-0.39, 0.29) is 12.3 Å². The van der Waals surface area contributed by atoms with Gasteiger partial charge in [0.2, 0.25) is 5.91 Å². The predicted octanol–water partition coefficient (Wildman–Crippen LogP) is 3.40. The van der Waals surface area contributed by atoms with Gasteiger partial charge in [-0.2, -0.15) is 0 Å². The molecular formula is C18H17N3O3S. The van der Waals surface area contributed by atoms with E-state index in [4.69, 9.17) is 9.47 Å². The van der Waals surface area contributed by atoms with E-state index in [0.717, 1.165) is 22.0 Å². The molecule has 0 radical (unpaired) electrons. The van der Waals surface area contributed by atoms with Crippen LogP contribution in [0, 0.1) is 0 Å². The maximum Gasteiger partial charge on any atom is 0.230 e. The third kappa shape index (κ3) is 4.13. The van der Waals surface area contributed by atoms with E-state index in [1.165, 1.54) is 11.3 Å². The van der Waals surface area contributed by atoms with Crippen molar-refractivity contribution in [2.45, 2.75) is 6.42 Å². The van der Waals surface area contributed by atoms with Gasteiger partial charge in [-0.15, -0.1) is 11.3 Å². The minimum Gasteiger partial charge on any atom is -0.493 e. The second kappa shape index (κ2) is 7.76. The van der Waals surface area contributed by atoms with Crippen molar-refractivity contribution in [3.63, 3.8) is 0 Å². The van der Waals surface area contributed by atoms with Crippen molar-refractivity contribution in [2.24, 2.45) is 0 Å². The lowest BCUT2D eigenvalue weighted by Crippen LogP contribution is -2.14. The van der Waals surface area contributed by atoms with Crippen LogP contribution in [-0.4, -0.2) is 30.1 Å². The largest absolute Gasteiger partial charge is 0.493 e. The summed E-state index contributed by atoms with van der Waals surface area (Å²) in [6, 6.07) is 9.12. The molecule has 25 heavy (non-hydrogen) atoms. The second-order valence-electron chi connectivity index (χ2n) is 5.17. The monoisotopic (exact) mass is 355 g/mol. The number of thiazole rings is 1. The van der Waals surface area contributed by atoms with Crippen LogP contribution in [0.3, 0.4) is 0 Å². The highest BCUT2D eigenvalue weighted by Gasteiger charge is 2.12. The van der Waals surface area contributed by atoms with E-state index in [0.29, 0.717) is 11.5 Å². The van der Waals surface area contributed by atoms with Gasteiger partial charge in [-0.3, -0.25) is 9.78 Å². The van der Waals surface area contributed by atoms with E-state index in [1.807, 2.05) is 23.6 Å². The van der Waals surface area contributed by atoms with Gasteiger partial charge in [0, 0.05) is 29.0 Å². The summed E-state index contributed by atoms with van der Waals surface area (Å²) in [5.74, 6) is 1.20. The molecule has 2 heterocycles. The van der Waals surface area contributed by atoms with Crippen LogP contribution in [0.1, 0.15) is 5.69 Å². The summed E-state index contributed by atoms with van der Waals surface area (Å²) in [4.78, 5) is 20.6. The Morgan fingerprint density at radius 2 is 1.88 bits per heavy atom. The molecule has 0 saturated heterocycles. The summed E-state index contributed by atoms with van der Waals surface area (Å²) in [7, 11) is 3.19. The Morgan fingerprint density at radius 3 is 2.60 bits per heavy atom. The summed E-state index contributed by atoms with van der Waals surface area (Å²) in [5.41, 5.74) is 2.36. The molecule has 2 aromatic heterocycles. The fourth-order valence-electron chi connectivity index (χ4n) is 2.29. The van der Waals surface area contributed by atoms with Crippen molar-refractivity contribution >= 4 is 22.9 Å². The van der Waals surface area contributed by atoms with E-state index < -0.39 is 0 Å². The van der Waals surface area contributed by atoms with Gasteiger partial charge in [0.05, 0.1) is 26.3 Å². The van der Waals surface area contributed by atoms with E-state index in [1.54, 1.807) is 38.7 Å². The lowest BCUT2D eigenvalue weighted by atomic mass is 10.2. The average Bonchev–Trinajstić information content (AvgIpc) is 3.10. The first-order chi connectivity index (χ1) is 12.2. The molecule has 0 aliphatic heterocycles. The molecule has 0 fully saturated rings. The first-order valence-electron chi connectivity index (χ1n) is 7.56. The molecule has 6 nitrogen and oxygen atoms in total. The number of amides is 1. The smallest absolute Gasteiger partial charge is 0.230 e. The highest BCUT2D eigenvalue weighted by Crippen LogP contribution is 2.33. The number of benzene rings is 1. The number of aromatic nitrogens is 2. The Morgan fingerprint density at radius 1 is 1.12 bits per heavy atom. The number of hydrogen-bond donors (Lipinski definition) is 1. The van der Waals surface area contributed by atoms with Crippen molar-refractivity contribution in [3.8, 4) is 22.1 Å². The highest BCUT2D eigenvalue weighted by molar-refractivity contribution is 7.13. The molecule has 3 aromatic rings. The van der Waals surface area contributed by atoms with Crippen molar-refractivity contribution in [3.05, 3.63) is 53.8 Å². The van der Waals surface area contributed by atoms with Crippen LogP contribution >= 0.6 is 11.3 Å². The van der Waals surface area contributed by atoms with Crippen molar-refractivity contribution < 1.29 is 14.3 Å². The third-order valence-electron chi connectivity index (χ3n) is 3.49. The normalized spacial score (nSPS) is 10.3. The Bertz CT molecular complexity index is 865. The van der Waals surface area contributed by atoms with Crippen LogP contribution < -0.4 is 14.8 Å². The fourth-order valence-corrected chi connectivity index (χ4v) is 3.11. The molecule has 1 aromatic carbocycles. The first-order valence-corrected chi connectivity index (χ1v) is 8.44. The molecule has 1 N–H and O–H groups in total. The Hall–Kier alpha value is -2.93. The number of ether oxygens (including phenoxy) is 2. The van der Waals surface area contributed by atoms with Gasteiger partial charge in [0.15, 0.2) is 11.5 Å². The van der Waals surface area contributed by atoms with Gasteiger partial charge in [-0.25, -0.2) is 4.98 Å². The van der Waals surface area contributed by atoms with Gasteiger partial charge in [0.1, 0.15) is 5.01 Å². The summed E-state index contributed by atoms with van der Waals surface area (Å²) >= 11 is 1.49. The number of methoxy groups -OCH3 is 2. The first kappa shape index (κ1) is 16.9. The maximum absolute atomic E-state index is 12.1. The zero-order valence-corrected chi connectivity index (χ0v) is 14.7. The number of rotatable bonds is 6. The number of nitrogens with zero attached hydrogens (tertiary/aromatic N) is 2. The number of pyridine rings is 1. The summed E-state index contributed by atoms with van der Waals surface area (Å²) in [6.45, 7) is 0. The van der Waals surface area contributed by atoms with E-state index in [9.17, 15) is 4.79 Å². The van der Waals surface area contributed by atoms with Crippen molar-refractivity contribution in [2.75, 3.05) is 19.5 Å². The molecule has 0 saturated carbocycles. The molecule has 1 amide bonds. The lowest BCUT2D eigenvalue weighted by Gasteiger charge is -2.08. The molecular weight excluding hydrogens is 338 g/mol. The summed E-state index contributed by atoms with van der Waals surface area (Å²) in [6.07, 6.45) is 3.48. The summed E-state index contributed by atoms with van der Waals surface area (Å²) in [5, 5.41) is 5.54. The topological polar surface area (TPSA) is 73.3 Å². The molecule has 0 aliphatic rings. The predicted molar refractivity (Wildman–Crippen MR) is 97.2 cm³/mol. The lowest BCUT2D eigenvalue weighted by molar-refractivity contribution is -0.115. The molecule has 0 aliphatic carbocycles. The zero-order chi connectivity index (χ0) is 17.6. The molecule has 0 unspecified atom stereocenters. The number of carbonyl (C=O) groups is 1. The van der Waals surface area contributed by atoms with Crippen LogP contribution in [0.2, 0.25) is 0 Å². The quantitative estimate of drug-likeness (QED) is 0.733. The zero-order valence-electron chi connectivity index (χ0n) is 13.9. The van der Waals surface area contributed by atoms with Crippen molar-refractivity contribution in [1.82, 2.24) is 9.97 Å². The Kier molecular flexibility index (Phi) is 5.25. The van der Waals surface area contributed by atoms with Gasteiger partial charge in [-0.05, 0) is 30.3 Å². The Balaban J connectivity index is 1.71. The van der Waals surface area contributed by atoms with E-state index in [2.05, 4.69) is 15.3 Å². The van der Waals surface area contributed by atoms with Crippen LogP contribution in [-0.2, 0) is 11.2 Å².